The van der Waals surface area contributed by atoms with Crippen molar-refractivity contribution in [1.29, 1.82) is 0 Å². The lowest BCUT2D eigenvalue weighted by Gasteiger charge is -2.14. The van der Waals surface area contributed by atoms with Gasteiger partial charge in [0.25, 0.3) is 5.91 Å². The van der Waals surface area contributed by atoms with Gasteiger partial charge in [-0.15, -0.1) is 0 Å². The van der Waals surface area contributed by atoms with Crippen molar-refractivity contribution in [2.75, 3.05) is 13.1 Å². The van der Waals surface area contributed by atoms with Crippen LogP contribution in [-0.4, -0.2) is 28.9 Å². The first kappa shape index (κ1) is 17.9. The second-order valence-electron chi connectivity index (χ2n) is 6.50. The van der Waals surface area contributed by atoms with Crippen LogP contribution in [0.5, 0.6) is 0 Å². The molecule has 0 radical (unpaired) electrons. The summed E-state index contributed by atoms with van der Waals surface area (Å²) in [7, 11) is 0. The first-order chi connectivity index (χ1) is 12.2. The third-order valence-electron chi connectivity index (χ3n) is 4.60. The molecule has 0 atom stereocenters. The van der Waals surface area contributed by atoms with Gasteiger partial charge in [0.2, 0.25) is 0 Å². The monoisotopic (exact) mass is 357 g/mol. The summed E-state index contributed by atoms with van der Waals surface area (Å²) in [6.07, 6.45) is 7.78. The summed E-state index contributed by atoms with van der Waals surface area (Å²) in [5.74, 6) is -0.0418. The van der Waals surface area contributed by atoms with Crippen molar-refractivity contribution in [3.8, 4) is 0 Å². The smallest absolute Gasteiger partial charge is 0.252 e. The van der Waals surface area contributed by atoms with Crippen LogP contribution in [0.3, 0.4) is 0 Å². The van der Waals surface area contributed by atoms with E-state index in [0.717, 1.165) is 44.0 Å². The molecule has 0 spiro atoms. The summed E-state index contributed by atoms with van der Waals surface area (Å²) in [6, 6.07) is 9.74. The maximum Gasteiger partial charge on any atom is 0.252 e. The van der Waals surface area contributed by atoms with Crippen molar-refractivity contribution >= 4 is 17.5 Å². The van der Waals surface area contributed by atoms with Gasteiger partial charge in [-0.2, -0.15) is 0 Å². The van der Waals surface area contributed by atoms with Gasteiger partial charge >= 0.3 is 0 Å². The molecule has 0 saturated carbocycles. The Hall–Kier alpha value is -1.91. The van der Waals surface area contributed by atoms with E-state index < -0.39 is 0 Å². The Morgan fingerprint density at radius 1 is 1.12 bits per heavy atom. The van der Waals surface area contributed by atoms with Gasteiger partial charge in [-0.1, -0.05) is 36.6 Å². The molecule has 25 heavy (non-hydrogen) atoms. The van der Waals surface area contributed by atoms with E-state index in [-0.39, 0.29) is 5.91 Å². The minimum Gasteiger partial charge on any atom is -0.352 e. The number of nitrogens with one attached hydrogen (secondary N) is 1. The third-order valence-corrected chi connectivity index (χ3v) is 4.96. The van der Waals surface area contributed by atoms with Gasteiger partial charge < -0.3 is 5.32 Å². The number of carbonyl (C=O) groups excluding carboxylic acids is 1. The number of amides is 1. The van der Waals surface area contributed by atoms with Crippen molar-refractivity contribution < 1.29 is 4.79 Å². The molecule has 1 aliphatic heterocycles. The fraction of sp³-hybridized carbons (Fsp3) is 0.400. The molecule has 1 N–H and O–H groups in total. The molecular formula is C20H24ClN3O. The lowest BCUT2D eigenvalue weighted by molar-refractivity contribution is 0.0952. The standard InChI is InChI=1S/C20H24ClN3O/c21-19-9-5-7-17-14-24(15-18(17)19)12-4-2-1-3-11-23-20(25)16-8-6-10-22-13-16/h5-10,13H,1-4,11-12,14-15H2,(H,23,25). The molecule has 132 valence electrons. The maximum atomic E-state index is 11.9. The van der Waals surface area contributed by atoms with Crippen LogP contribution in [0.1, 0.15) is 47.2 Å². The predicted octanol–water partition coefficient (Wildman–Crippen LogP) is 4.04. The van der Waals surface area contributed by atoms with E-state index in [2.05, 4.69) is 21.3 Å². The molecule has 3 rings (SSSR count). The molecule has 1 aromatic heterocycles. The van der Waals surface area contributed by atoms with Crippen LogP contribution >= 0.6 is 11.6 Å². The van der Waals surface area contributed by atoms with Gasteiger partial charge in [-0.25, -0.2) is 0 Å². The Morgan fingerprint density at radius 3 is 2.80 bits per heavy atom. The van der Waals surface area contributed by atoms with Crippen LogP contribution < -0.4 is 5.32 Å². The number of rotatable bonds is 8. The average molecular weight is 358 g/mol. The highest BCUT2D eigenvalue weighted by Gasteiger charge is 2.20. The van der Waals surface area contributed by atoms with E-state index >= 15 is 0 Å². The summed E-state index contributed by atoms with van der Waals surface area (Å²) in [5.41, 5.74) is 3.28. The normalized spacial score (nSPS) is 13.6. The highest BCUT2D eigenvalue weighted by molar-refractivity contribution is 6.31. The summed E-state index contributed by atoms with van der Waals surface area (Å²) >= 11 is 6.26. The van der Waals surface area contributed by atoms with Crippen LogP contribution in [-0.2, 0) is 13.1 Å². The summed E-state index contributed by atoms with van der Waals surface area (Å²) < 4.78 is 0. The highest BCUT2D eigenvalue weighted by atomic mass is 35.5. The Labute approximate surface area is 154 Å². The van der Waals surface area contributed by atoms with Crippen LogP contribution in [0.4, 0.5) is 0 Å². The zero-order valence-electron chi connectivity index (χ0n) is 14.4. The first-order valence-corrected chi connectivity index (χ1v) is 9.28. The number of halogens is 1. The number of benzene rings is 1. The van der Waals surface area contributed by atoms with Gasteiger partial charge in [0.1, 0.15) is 0 Å². The minimum absolute atomic E-state index is 0.0418. The van der Waals surface area contributed by atoms with Crippen LogP contribution in [0.2, 0.25) is 5.02 Å². The second-order valence-corrected chi connectivity index (χ2v) is 6.91. The molecule has 0 aliphatic carbocycles. The van der Waals surface area contributed by atoms with E-state index in [1.807, 2.05) is 12.1 Å². The first-order valence-electron chi connectivity index (χ1n) is 8.91. The lowest BCUT2D eigenvalue weighted by Crippen LogP contribution is -2.24. The quantitative estimate of drug-likeness (QED) is 0.725. The topological polar surface area (TPSA) is 45.2 Å². The Morgan fingerprint density at radius 2 is 2.00 bits per heavy atom. The summed E-state index contributed by atoms with van der Waals surface area (Å²) in [5, 5.41) is 3.84. The van der Waals surface area contributed by atoms with Gasteiger partial charge in [0.15, 0.2) is 0 Å². The highest BCUT2D eigenvalue weighted by Crippen LogP contribution is 2.29. The van der Waals surface area contributed by atoms with Crippen LogP contribution in [0.25, 0.3) is 0 Å². The molecule has 2 aromatic rings. The largest absolute Gasteiger partial charge is 0.352 e. The van der Waals surface area contributed by atoms with E-state index in [1.165, 1.54) is 24.0 Å². The number of aromatic nitrogens is 1. The van der Waals surface area contributed by atoms with Gasteiger partial charge in [-0.3, -0.25) is 14.7 Å². The van der Waals surface area contributed by atoms with Crippen molar-refractivity contribution in [3.63, 3.8) is 0 Å². The molecule has 0 bridgehead atoms. The Balaban J connectivity index is 1.26. The van der Waals surface area contributed by atoms with Crippen LogP contribution in [0, 0.1) is 0 Å². The van der Waals surface area contributed by atoms with Crippen LogP contribution in [0.15, 0.2) is 42.7 Å². The van der Waals surface area contributed by atoms with Crippen molar-refractivity contribution in [2.45, 2.75) is 38.8 Å². The zero-order chi connectivity index (χ0) is 17.5. The van der Waals surface area contributed by atoms with Crippen molar-refractivity contribution in [2.24, 2.45) is 0 Å². The van der Waals surface area contributed by atoms with Gasteiger partial charge in [-0.05, 0) is 48.7 Å². The SMILES string of the molecule is O=C(NCCCCCCN1Cc2cccc(Cl)c2C1)c1cccnc1. The fourth-order valence-corrected chi connectivity index (χ4v) is 3.48. The summed E-state index contributed by atoms with van der Waals surface area (Å²) in [4.78, 5) is 18.3. The number of nitrogens with zero attached hydrogens (tertiary/aromatic N) is 2. The predicted molar refractivity (Wildman–Crippen MR) is 101 cm³/mol. The molecule has 1 aromatic carbocycles. The van der Waals surface area contributed by atoms with Crippen molar-refractivity contribution in [3.05, 3.63) is 64.4 Å². The number of hydrogen-bond acceptors (Lipinski definition) is 3. The lowest BCUT2D eigenvalue weighted by atomic mass is 10.1. The average Bonchev–Trinajstić information content (AvgIpc) is 3.06. The molecule has 1 aliphatic rings. The maximum absolute atomic E-state index is 11.9. The molecular weight excluding hydrogens is 334 g/mol. The molecule has 0 fully saturated rings. The fourth-order valence-electron chi connectivity index (χ4n) is 3.22. The van der Waals surface area contributed by atoms with E-state index in [0.29, 0.717) is 5.56 Å². The number of fused-ring (bicyclic) bond motifs is 1. The minimum atomic E-state index is -0.0418. The molecule has 0 unspecified atom stereocenters. The zero-order valence-corrected chi connectivity index (χ0v) is 15.1. The van der Waals surface area contributed by atoms with Gasteiger partial charge in [0.05, 0.1) is 5.56 Å². The second kappa shape index (κ2) is 8.97. The number of carbonyl (C=O) groups is 1. The molecule has 0 saturated heterocycles. The third kappa shape index (κ3) is 5.03. The summed E-state index contributed by atoms with van der Waals surface area (Å²) in [6.45, 7) is 3.80. The van der Waals surface area contributed by atoms with E-state index in [9.17, 15) is 4.79 Å². The van der Waals surface area contributed by atoms with E-state index in [1.54, 1.807) is 24.5 Å². The molecule has 1 amide bonds. The molecule has 5 heteroatoms. The Kier molecular flexibility index (Phi) is 6.42. The number of pyridine rings is 1. The van der Waals surface area contributed by atoms with Gasteiger partial charge in [0, 0.05) is 37.1 Å². The molecule has 2 heterocycles. The number of hydrogen-bond donors (Lipinski definition) is 1. The van der Waals surface area contributed by atoms with Crippen molar-refractivity contribution in [1.82, 2.24) is 15.2 Å². The van der Waals surface area contributed by atoms with E-state index in [4.69, 9.17) is 11.6 Å². The number of unbranched alkanes of at least 4 members (excludes halogenated alkanes) is 3. The molecule has 4 nitrogen and oxygen atoms in total. The Bertz CT molecular complexity index is 705.